The second-order valence-electron chi connectivity index (χ2n) is 9.03. The summed E-state index contributed by atoms with van der Waals surface area (Å²) < 4.78 is 24.4. The van der Waals surface area contributed by atoms with Crippen molar-refractivity contribution in [1.29, 1.82) is 0 Å². The first-order chi connectivity index (χ1) is 14.9. The molecule has 0 radical (unpaired) electrons. The minimum Gasteiger partial charge on any atom is -0.491 e. The van der Waals surface area contributed by atoms with E-state index in [1.807, 2.05) is 0 Å². The Labute approximate surface area is 178 Å². The molecule has 0 unspecified atom stereocenters. The van der Waals surface area contributed by atoms with Gasteiger partial charge < -0.3 is 18.9 Å². The van der Waals surface area contributed by atoms with Crippen molar-refractivity contribution in [1.82, 2.24) is 0 Å². The molecule has 6 rings (SSSR count). The molecule has 4 aliphatic rings. The molecule has 30 heavy (non-hydrogen) atoms. The Bertz CT molecular complexity index is 791. The third kappa shape index (κ3) is 3.04. The quantitative estimate of drug-likeness (QED) is 0.608. The molecular formula is C26H30O4. The van der Waals surface area contributed by atoms with Crippen molar-refractivity contribution in [3.8, 4) is 11.5 Å². The van der Waals surface area contributed by atoms with E-state index in [4.69, 9.17) is 18.9 Å². The number of hydrogen-bond acceptors (Lipinski definition) is 4. The van der Waals surface area contributed by atoms with Gasteiger partial charge in [-0.15, -0.1) is 0 Å². The Morgan fingerprint density at radius 3 is 1.13 bits per heavy atom. The Balaban J connectivity index is 1.50. The van der Waals surface area contributed by atoms with Crippen LogP contribution in [0, 0.1) is 0 Å². The maximum absolute atomic E-state index is 6.47. The molecule has 4 heteroatoms. The largest absolute Gasteiger partial charge is 0.491 e. The van der Waals surface area contributed by atoms with Crippen molar-refractivity contribution in [2.45, 2.75) is 49.4 Å². The monoisotopic (exact) mass is 406 g/mol. The fraction of sp³-hybridized carbons (Fsp3) is 0.538. The summed E-state index contributed by atoms with van der Waals surface area (Å²) in [6, 6.07) is 13.7. The van der Waals surface area contributed by atoms with Crippen molar-refractivity contribution in [3.05, 3.63) is 58.7 Å². The minimum absolute atomic E-state index is 0.499. The summed E-state index contributed by atoms with van der Waals surface area (Å²) in [5.74, 6) is 4.28. The van der Waals surface area contributed by atoms with Gasteiger partial charge in [0.15, 0.2) is 0 Å². The van der Waals surface area contributed by atoms with Crippen LogP contribution in [0.3, 0.4) is 0 Å². The third-order valence-corrected chi connectivity index (χ3v) is 7.62. The van der Waals surface area contributed by atoms with Gasteiger partial charge in [0.05, 0.1) is 26.4 Å². The molecule has 158 valence electrons. The van der Waals surface area contributed by atoms with E-state index in [2.05, 4.69) is 36.4 Å². The van der Waals surface area contributed by atoms with Crippen LogP contribution in [0.1, 0.15) is 71.6 Å². The molecule has 2 aromatic carbocycles. The zero-order chi connectivity index (χ0) is 19.9. The van der Waals surface area contributed by atoms with Crippen molar-refractivity contribution in [3.63, 3.8) is 0 Å². The van der Waals surface area contributed by atoms with E-state index in [1.165, 1.54) is 47.9 Å². The predicted octanol–water partition coefficient (Wildman–Crippen LogP) is 5.13. The zero-order valence-electron chi connectivity index (χ0n) is 17.5. The van der Waals surface area contributed by atoms with Crippen molar-refractivity contribution < 1.29 is 18.9 Å². The van der Waals surface area contributed by atoms with E-state index in [0.29, 0.717) is 63.3 Å². The molecule has 0 saturated heterocycles. The van der Waals surface area contributed by atoms with Crippen LogP contribution in [-0.2, 0) is 9.47 Å². The highest BCUT2D eigenvalue weighted by Gasteiger charge is 2.43. The van der Waals surface area contributed by atoms with Gasteiger partial charge in [-0.1, -0.05) is 36.4 Å². The van der Waals surface area contributed by atoms with Crippen molar-refractivity contribution in [2.75, 3.05) is 39.6 Å². The lowest BCUT2D eigenvalue weighted by molar-refractivity contribution is 0.0260. The highest BCUT2D eigenvalue weighted by molar-refractivity contribution is 5.56. The summed E-state index contributed by atoms with van der Waals surface area (Å²) in [5, 5.41) is 0. The lowest BCUT2D eigenvalue weighted by Crippen LogP contribution is -2.29. The lowest BCUT2D eigenvalue weighted by Gasteiger charge is -2.45. The van der Waals surface area contributed by atoms with Gasteiger partial charge in [-0.3, -0.25) is 0 Å². The van der Waals surface area contributed by atoms with Crippen molar-refractivity contribution in [2.24, 2.45) is 0 Å². The molecule has 1 heterocycles. The highest BCUT2D eigenvalue weighted by Crippen LogP contribution is 2.60. The zero-order valence-corrected chi connectivity index (χ0v) is 17.5. The molecule has 0 spiro atoms. The molecule has 2 saturated carbocycles. The fourth-order valence-corrected chi connectivity index (χ4v) is 5.86. The van der Waals surface area contributed by atoms with E-state index in [1.54, 1.807) is 0 Å². The number of benzene rings is 2. The highest BCUT2D eigenvalue weighted by atomic mass is 16.6. The summed E-state index contributed by atoms with van der Waals surface area (Å²) >= 11 is 0. The molecule has 4 nitrogen and oxygen atoms in total. The van der Waals surface area contributed by atoms with E-state index in [-0.39, 0.29) is 0 Å². The molecule has 0 N–H and O–H groups in total. The normalized spacial score (nSPS) is 30.3. The second-order valence-corrected chi connectivity index (χ2v) is 9.03. The summed E-state index contributed by atoms with van der Waals surface area (Å²) in [6.45, 7) is 3.57. The second kappa shape index (κ2) is 7.90. The first-order valence-corrected chi connectivity index (χ1v) is 11.6. The minimum atomic E-state index is 0.499. The van der Waals surface area contributed by atoms with E-state index >= 15 is 0 Å². The van der Waals surface area contributed by atoms with Crippen LogP contribution in [0.5, 0.6) is 11.5 Å². The average molecular weight is 407 g/mol. The summed E-state index contributed by atoms with van der Waals surface area (Å²) in [6.07, 6.45) is 4.84. The molecule has 3 aliphatic carbocycles. The topological polar surface area (TPSA) is 36.9 Å². The SMILES string of the molecule is c1cc2c3c(c1)[C@@H]1CC[C@@H]1c1cccc(c1OCCOCCOCCO3)[C@@H]1CC[C@H]21. The van der Waals surface area contributed by atoms with Crippen LogP contribution in [0.15, 0.2) is 36.4 Å². The lowest BCUT2D eigenvalue weighted by atomic mass is 9.61. The Morgan fingerprint density at radius 2 is 0.800 bits per heavy atom. The molecule has 0 amide bonds. The van der Waals surface area contributed by atoms with Crippen LogP contribution in [0.2, 0.25) is 0 Å². The van der Waals surface area contributed by atoms with E-state index < -0.39 is 0 Å². The van der Waals surface area contributed by atoms with Gasteiger partial charge in [0.2, 0.25) is 0 Å². The molecule has 1 aliphatic heterocycles. The van der Waals surface area contributed by atoms with Crippen LogP contribution in [-0.4, -0.2) is 39.6 Å². The number of hydrogen-bond donors (Lipinski definition) is 0. The van der Waals surface area contributed by atoms with Gasteiger partial charge in [0.25, 0.3) is 0 Å². The molecule has 2 fully saturated rings. The van der Waals surface area contributed by atoms with Gasteiger partial charge in [-0.2, -0.15) is 0 Å². The van der Waals surface area contributed by atoms with Crippen LogP contribution >= 0.6 is 0 Å². The molecule has 2 aromatic rings. The summed E-state index contributed by atoms with van der Waals surface area (Å²) in [5.41, 5.74) is 5.57. The number of rotatable bonds is 0. The maximum atomic E-state index is 6.47. The first-order valence-electron chi connectivity index (χ1n) is 11.6. The standard InChI is InChI=1S/C26H30O4/c1-3-21-17-7-9-19(17)23-5-2-6-24-20-10-8-18(20)22(4-1)25(21)29-15-13-27-11-12-28-14-16-30-26(23)24/h1-6,17-20H,7-16H2/t17-,18+,19+,20-. The van der Waals surface area contributed by atoms with E-state index in [9.17, 15) is 0 Å². The Hall–Kier alpha value is -2.04. The molecular weight excluding hydrogens is 376 g/mol. The van der Waals surface area contributed by atoms with Crippen LogP contribution in [0.25, 0.3) is 0 Å². The van der Waals surface area contributed by atoms with Gasteiger partial charge in [-0.05, 0) is 71.6 Å². The van der Waals surface area contributed by atoms with Crippen molar-refractivity contribution >= 4 is 0 Å². The smallest absolute Gasteiger partial charge is 0.126 e. The predicted molar refractivity (Wildman–Crippen MR) is 115 cm³/mol. The summed E-state index contributed by atoms with van der Waals surface area (Å²) in [4.78, 5) is 0. The number of ether oxygens (including phenoxy) is 4. The molecule has 0 aromatic heterocycles. The number of fused-ring (bicyclic) bond motifs is 3. The van der Waals surface area contributed by atoms with Gasteiger partial charge in [-0.25, -0.2) is 0 Å². The third-order valence-electron chi connectivity index (χ3n) is 7.62. The Morgan fingerprint density at radius 1 is 0.467 bits per heavy atom. The first kappa shape index (κ1) is 18.7. The van der Waals surface area contributed by atoms with Crippen LogP contribution < -0.4 is 9.47 Å². The molecule has 4 atom stereocenters. The van der Waals surface area contributed by atoms with E-state index in [0.717, 1.165) is 11.5 Å². The van der Waals surface area contributed by atoms with Gasteiger partial charge >= 0.3 is 0 Å². The average Bonchev–Trinajstić information content (AvgIpc) is 2.69. The van der Waals surface area contributed by atoms with Gasteiger partial charge in [0.1, 0.15) is 24.7 Å². The fourth-order valence-electron chi connectivity index (χ4n) is 5.86. The molecule has 6 bridgehead atoms. The van der Waals surface area contributed by atoms with Gasteiger partial charge in [0, 0.05) is 0 Å². The number of para-hydroxylation sites is 2. The summed E-state index contributed by atoms with van der Waals surface area (Å²) in [7, 11) is 0. The van der Waals surface area contributed by atoms with Crippen LogP contribution in [0.4, 0.5) is 0 Å². The maximum Gasteiger partial charge on any atom is 0.126 e. The Kier molecular flexibility index (Phi) is 4.93.